The Labute approximate surface area is 96.7 Å². The van der Waals surface area contributed by atoms with Crippen molar-refractivity contribution in [3.8, 4) is 5.75 Å². The Morgan fingerprint density at radius 3 is 2.75 bits per heavy atom. The Balaban J connectivity index is 2.64. The quantitative estimate of drug-likeness (QED) is 0.846. The van der Waals surface area contributed by atoms with Gasteiger partial charge in [0, 0.05) is 13.1 Å². The summed E-state index contributed by atoms with van der Waals surface area (Å²) in [7, 11) is 1.82. The van der Waals surface area contributed by atoms with Crippen LogP contribution in [0.25, 0.3) is 0 Å². The number of likely N-dealkylation sites (N-methyl/N-ethyl adjacent to an activating group) is 1. The predicted octanol–water partition coefficient (Wildman–Crippen LogP) is 2.19. The van der Waals surface area contributed by atoms with E-state index in [1.54, 1.807) is 23.1 Å². The number of carbonyl (C=O) groups is 1. The van der Waals surface area contributed by atoms with Crippen LogP contribution in [0.5, 0.6) is 5.75 Å². The molecule has 3 heteroatoms. The molecule has 16 heavy (non-hydrogen) atoms. The third-order valence-electron chi connectivity index (χ3n) is 2.91. The van der Waals surface area contributed by atoms with Crippen molar-refractivity contribution in [2.75, 3.05) is 7.05 Å². The highest BCUT2D eigenvalue weighted by atomic mass is 16.3. The van der Waals surface area contributed by atoms with E-state index in [0.29, 0.717) is 6.42 Å². The lowest BCUT2D eigenvalue weighted by Crippen LogP contribution is -2.35. The summed E-state index contributed by atoms with van der Waals surface area (Å²) >= 11 is 0. The lowest BCUT2D eigenvalue weighted by Gasteiger charge is -2.23. The molecule has 1 aromatic carbocycles. The van der Waals surface area contributed by atoms with E-state index < -0.39 is 0 Å². The molecule has 0 bridgehead atoms. The number of aromatic hydroxyl groups is 1. The summed E-state index contributed by atoms with van der Waals surface area (Å²) in [6, 6.07) is 7.09. The number of hydrogen-bond acceptors (Lipinski definition) is 2. The molecule has 0 aliphatic carbocycles. The van der Waals surface area contributed by atoms with Crippen LogP contribution < -0.4 is 0 Å². The zero-order valence-electron chi connectivity index (χ0n) is 10.1. The molecule has 0 spiro atoms. The number of hydrogen-bond donors (Lipinski definition) is 1. The van der Waals surface area contributed by atoms with Crippen molar-refractivity contribution < 1.29 is 9.90 Å². The van der Waals surface area contributed by atoms with Gasteiger partial charge in [-0.1, -0.05) is 19.1 Å². The van der Waals surface area contributed by atoms with Gasteiger partial charge in [-0.3, -0.25) is 4.79 Å². The molecule has 0 aliphatic rings. The largest absolute Gasteiger partial charge is 0.508 e. The second-order valence-corrected chi connectivity index (χ2v) is 4.11. The van der Waals surface area contributed by atoms with Crippen LogP contribution in [-0.2, 0) is 11.2 Å². The van der Waals surface area contributed by atoms with E-state index in [0.717, 1.165) is 12.0 Å². The smallest absolute Gasteiger partial charge is 0.226 e. The van der Waals surface area contributed by atoms with Gasteiger partial charge in [-0.15, -0.1) is 0 Å². The van der Waals surface area contributed by atoms with Crippen molar-refractivity contribution in [3.05, 3.63) is 29.8 Å². The highest BCUT2D eigenvalue weighted by Crippen LogP contribution is 2.12. The number of phenolic OH excluding ortho intramolecular Hbond substituents is 1. The van der Waals surface area contributed by atoms with Crippen molar-refractivity contribution in [1.82, 2.24) is 4.90 Å². The number of amides is 1. The van der Waals surface area contributed by atoms with E-state index in [1.165, 1.54) is 0 Å². The molecule has 0 heterocycles. The van der Waals surface area contributed by atoms with Crippen LogP contribution in [0.4, 0.5) is 0 Å². The Kier molecular flexibility index (Phi) is 4.35. The normalized spacial score (nSPS) is 12.2. The molecule has 1 rings (SSSR count). The fourth-order valence-electron chi connectivity index (χ4n) is 1.49. The van der Waals surface area contributed by atoms with Crippen LogP contribution in [0.3, 0.4) is 0 Å². The molecule has 0 fully saturated rings. The van der Waals surface area contributed by atoms with Gasteiger partial charge >= 0.3 is 0 Å². The minimum atomic E-state index is 0.0833. The minimum absolute atomic E-state index is 0.0833. The van der Waals surface area contributed by atoms with Crippen molar-refractivity contribution in [2.45, 2.75) is 32.7 Å². The predicted molar refractivity (Wildman–Crippen MR) is 64.3 cm³/mol. The highest BCUT2D eigenvalue weighted by Gasteiger charge is 2.14. The van der Waals surface area contributed by atoms with Crippen LogP contribution in [0, 0.1) is 0 Å². The number of phenols is 1. The molecule has 1 aromatic rings. The van der Waals surface area contributed by atoms with E-state index in [-0.39, 0.29) is 17.7 Å². The second-order valence-electron chi connectivity index (χ2n) is 4.11. The van der Waals surface area contributed by atoms with Crippen LogP contribution in [-0.4, -0.2) is 29.0 Å². The molecule has 88 valence electrons. The van der Waals surface area contributed by atoms with Crippen LogP contribution >= 0.6 is 0 Å². The highest BCUT2D eigenvalue weighted by molar-refractivity contribution is 5.78. The third-order valence-corrected chi connectivity index (χ3v) is 2.91. The van der Waals surface area contributed by atoms with Crippen molar-refractivity contribution in [2.24, 2.45) is 0 Å². The molecular formula is C13H19NO2. The number of rotatable bonds is 4. The first-order valence-corrected chi connectivity index (χ1v) is 5.58. The number of nitrogens with zero attached hydrogens (tertiary/aromatic N) is 1. The van der Waals surface area contributed by atoms with Gasteiger partial charge in [0.05, 0.1) is 6.42 Å². The van der Waals surface area contributed by atoms with E-state index in [9.17, 15) is 9.90 Å². The van der Waals surface area contributed by atoms with Crippen molar-refractivity contribution in [3.63, 3.8) is 0 Å². The first kappa shape index (κ1) is 12.6. The summed E-state index contributed by atoms with van der Waals surface area (Å²) in [5.74, 6) is 0.288. The van der Waals surface area contributed by atoms with Gasteiger partial charge in [0.25, 0.3) is 0 Å². The molecule has 1 unspecified atom stereocenters. The van der Waals surface area contributed by atoms with Gasteiger partial charge in [0.15, 0.2) is 0 Å². The Morgan fingerprint density at radius 2 is 2.19 bits per heavy atom. The van der Waals surface area contributed by atoms with E-state index >= 15 is 0 Å². The summed E-state index contributed by atoms with van der Waals surface area (Å²) in [5.41, 5.74) is 0.847. The standard InChI is InChI=1S/C13H19NO2/c1-4-10(2)14(3)13(16)9-11-6-5-7-12(15)8-11/h5-8,10,15H,4,9H2,1-3H3. The van der Waals surface area contributed by atoms with Crippen LogP contribution in [0.15, 0.2) is 24.3 Å². The molecule has 0 radical (unpaired) electrons. The van der Waals surface area contributed by atoms with Gasteiger partial charge in [-0.25, -0.2) is 0 Å². The van der Waals surface area contributed by atoms with Crippen molar-refractivity contribution in [1.29, 1.82) is 0 Å². The first-order chi connectivity index (χ1) is 7.54. The van der Waals surface area contributed by atoms with Gasteiger partial charge in [-0.2, -0.15) is 0 Å². The molecule has 0 aromatic heterocycles. The number of benzene rings is 1. The lowest BCUT2D eigenvalue weighted by molar-refractivity contribution is -0.130. The summed E-state index contributed by atoms with van der Waals surface area (Å²) in [6.07, 6.45) is 1.29. The molecule has 0 saturated carbocycles. The summed E-state index contributed by atoms with van der Waals surface area (Å²) in [6.45, 7) is 4.09. The first-order valence-electron chi connectivity index (χ1n) is 5.58. The molecule has 0 saturated heterocycles. The average molecular weight is 221 g/mol. The summed E-state index contributed by atoms with van der Waals surface area (Å²) < 4.78 is 0. The maximum atomic E-state index is 11.9. The van der Waals surface area contributed by atoms with Gasteiger partial charge in [0.2, 0.25) is 5.91 Å². The maximum Gasteiger partial charge on any atom is 0.226 e. The van der Waals surface area contributed by atoms with E-state index in [4.69, 9.17) is 0 Å². The summed E-state index contributed by atoms with van der Waals surface area (Å²) in [5, 5.41) is 9.30. The topological polar surface area (TPSA) is 40.5 Å². The second kappa shape index (κ2) is 5.54. The van der Waals surface area contributed by atoms with Crippen LogP contribution in [0.1, 0.15) is 25.8 Å². The molecular weight excluding hydrogens is 202 g/mol. The SMILES string of the molecule is CCC(C)N(C)C(=O)Cc1cccc(O)c1. The molecule has 3 nitrogen and oxygen atoms in total. The number of carbonyl (C=O) groups excluding carboxylic acids is 1. The monoisotopic (exact) mass is 221 g/mol. The van der Waals surface area contributed by atoms with Gasteiger partial charge < -0.3 is 10.0 Å². The molecule has 1 atom stereocenters. The molecule has 1 N–H and O–H groups in total. The fourth-order valence-corrected chi connectivity index (χ4v) is 1.49. The average Bonchev–Trinajstić information content (AvgIpc) is 2.27. The maximum absolute atomic E-state index is 11.9. The van der Waals surface area contributed by atoms with Gasteiger partial charge in [0.1, 0.15) is 5.75 Å². The van der Waals surface area contributed by atoms with Crippen molar-refractivity contribution >= 4 is 5.91 Å². The lowest BCUT2D eigenvalue weighted by atomic mass is 10.1. The minimum Gasteiger partial charge on any atom is -0.508 e. The third kappa shape index (κ3) is 3.26. The Hall–Kier alpha value is -1.51. The Morgan fingerprint density at radius 1 is 1.50 bits per heavy atom. The molecule has 0 aliphatic heterocycles. The fraction of sp³-hybridized carbons (Fsp3) is 0.462. The van der Waals surface area contributed by atoms with E-state index in [2.05, 4.69) is 6.92 Å². The zero-order valence-corrected chi connectivity index (χ0v) is 10.1. The molecule has 1 amide bonds. The zero-order chi connectivity index (χ0) is 12.1. The van der Waals surface area contributed by atoms with Crippen LogP contribution in [0.2, 0.25) is 0 Å². The Bertz CT molecular complexity index is 363. The summed E-state index contributed by atoms with van der Waals surface area (Å²) in [4.78, 5) is 13.6. The van der Waals surface area contributed by atoms with E-state index in [1.807, 2.05) is 20.0 Å². The van der Waals surface area contributed by atoms with Gasteiger partial charge in [-0.05, 0) is 31.0 Å².